The number of sulfonamides is 1. The summed E-state index contributed by atoms with van der Waals surface area (Å²) in [6.45, 7) is 1.75. The van der Waals surface area contributed by atoms with Crippen molar-refractivity contribution in [3.63, 3.8) is 0 Å². The number of hydrogen-bond donors (Lipinski definition) is 1. The molecule has 0 atom stereocenters. The van der Waals surface area contributed by atoms with E-state index in [0.29, 0.717) is 11.4 Å². The Hall–Kier alpha value is -1.47. The molecular formula is C12H10BrFN2O2S. The number of nitrogens with one attached hydrogen (secondary N) is 1. The quantitative estimate of drug-likeness (QED) is 0.930. The molecule has 2 aromatic rings. The summed E-state index contributed by atoms with van der Waals surface area (Å²) >= 11 is 2.97. The molecule has 0 aliphatic carbocycles. The topological polar surface area (TPSA) is 59.1 Å². The average Bonchev–Trinajstić information content (AvgIpc) is 2.32. The molecule has 0 saturated heterocycles. The predicted molar refractivity (Wildman–Crippen MR) is 73.9 cm³/mol. The van der Waals surface area contributed by atoms with Gasteiger partial charge in [0.1, 0.15) is 5.82 Å². The van der Waals surface area contributed by atoms with Gasteiger partial charge in [-0.05, 0) is 53.2 Å². The third-order valence-corrected chi connectivity index (χ3v) is 4.37. The smallest absolute Gasteiger partial charge is 0.261 e. The van der Waals surface area contributed by atoms with Gasteiger partial charge in [0.2, 0.25) is 0 Å². The maximum absolute atomic E-state index is 13.4. The maximum atomic E-state index is 13.4. The molecule has 0 amide bonds. The number of aryl methyl sites for hydroxylation is 1. The molecule has 0 spiro atoms. The van der Waals surface area contributed by atoms with Crippen LogP contribution >= 0.6 is 15.9 Å². The van der Waals surface area contributed by atoms with E-state index in [2.05, 4.69) is 25.6 Å². The van der Waals surface area contributed by atoms with Gasteiger partial charge in [-0.25, -0.2) is 12.8 Å². The van der Waals surface area contributed by atoms with E-state index in [1.54, 1.807) is 13.0 Å². The molecule has 0 unspecified atom stereocenters. The van der Waals surface area contributed by atoms with Crippen molar-refractivity contribution in [3.8, 4) is 0 Å². The van der Waals surface area contributed by atoms with Crippen LogP contribution in [0, 0.1) is 12.7 Å². The summed E-state index contributed by atoms with van der Waals surface area (Å²) in [5.41, 5.74) is 1.07. The molecule has 0 saturated carbocycles. The van der Waals surface area contributed by atoms with Crippen molar-refractivity contribution in [1.82, 2.24) is 4.98 Å². The Morgan fingerprint density at radius 2 is 2.00 bits per heavy atom. The monoisotopic (exact) mass is 344 g/mol. The molecule has 4 nitrogen and oxygen atoms in total. The summed E-state index contributed by atoms with van der Waals surface area (Å²) in [5.74, 6) is -0.631. The molecule has 1 aromatic carbocycles. The number of halogens is 2. The van der Waals surface area contributed by atoms with Crippen molar-refractivity contribution in [2.45, 2.75) is 11.8 Å². The Balaban J connectivity index is 2.35. The Bertz CT molecular complexity index is 719. The van der Waals surface area contributed by atoms with Gasteiger partial charge in [0, 0.05) is 11.9 Å². The van der Waals surface area contributed by atoms with Crippen LogP contribution in [0.5, 0.6) is 0 Å². The van der Waals surface area contributed by atoms with Crippen LogP contribution in [0.3, 0.4) is 0 Å². The number of rotatable bonds is 3. The summed E-state index contributed by atoms with van der Waals surface area (Å²) < 4.78 is 40.1. The van der Waals surface area contributed by atoms with E-state index in [9.17, 15) is 12.8 Å². The second-order valence-electron chi connectivity index (χ2n) is 3.87. The lowest BCUT2D eigenvalue weighted by Gasteiger charge is -2.08. The van der Waals surface area contributed by atoms with Crippen molar-refractivity contribution in [2.75, 3.05) is 4.72 Å². The lowest BCUT2D eigenvalue weighted by Crippen LogP contribution is -2.13. The van der Waals surface area contributed by atoms with Gasteiger partial charge in [0.15, 0.2) is 0 Å². The van der Waals surface area contributed by atoms with Crippen molar-refractivity contribution in [2.24, 2.45) is 0 Å². The van der Waals surface area contributed by atoms with Gasteiger partial charge in [0.25, 0.3) is 10.0 Å². The van der Waals surface area contributed by atoms with E-state index in [1.165, 1.54) is 24.4 Å². The first kappa shape index (κ1) is 14.0. The highest BCUT2D eigenvalue weighted by atomic mass is 79.9. The predicted octanol–water partition coefficient (Wildman–Crippen LogP) is 3.09. The van der Waals surface area contributed by atoms with Gasteiger partial charge in [0.05, 0.1) is 15.1 Å². The van der Waals surface area contributed by atoms with Crippen LogP contribution in [0.25, 0.3) is 0 Å². The SMILES string of the molecule is Cc1cc(NS(=O)(=O)c2ccc(Br)c(F)c2)ccn1. The largest absolute Gasteiger partial charge is 0.280 e. The second-order valence-corrected chi connectivity index (χ2v) is 6.40. The molecule has 2 rings (SSSR count). The number of benzene rings is 1. The summed E-state index contributed by atoms with van der Waals surface area (Å²) in [6.07, 6.45) is 1.50. The van der Waals surface area contributed by atoms with Crippen LogP contribution in [-0.4, -0.2) is 13.4 Å². The highest BCUT2D eigenvalue weighted by Crippen LogP contribution is 2.21. The fraction of sp³-hybridized carbons (Fsp3) is 0.0833. The zero-order valence-electron chi connectivity index (χ0n) is 9.89. The van der Waals surface area contributed by atoms with Crippen molar-refractivity contribution >= 4 is 31.6 Å². The molecule has 100 valence electrons. The molecule has 1 N–H and O–H groups in total. The van der Waals surface area contributed by atoms with Crippen LogP contribution < -0.4 is 4.72 Å². The van der Waals surface area contributed by atoms with E-state index in [0.717, 1.165) is 6.07 Å². The number of nitrogens with zero attached hydrogens (tertiary/aromatic N) is 1. The third-order valence-electron chi connectivity index (χ3n) is 2.35. The van der Waals surface area contributed by atoms with E-state index in [-0.39, 0.29) is 9.37 Å². The minimum atomic E-state index is -3.81. The molecule has 0 aliphatic heterocycles. The molecule has 0 aliphatic rings. The molecule has 7 heteroatoms. The number of anilines is 1. The van der Waals surface area contributed by atoms with Crippen LogP contribution in [0.2, 0.25) is 0 Å². The molecule has 0 radical (unpaired) electrons. The van der Waals surface area contributed by atoms with Gasteiger partial charge in [-0.1, -0.05) is 0 Å². The fourth-order valence-electron chi connectivity index (χ4n) is 1.47. The Morgan fingerprint density at radius 1 is 1.26 bits per heavy atom. The Labute approximate surface area is 118 Å². The zero-order valence-corrected chi connectivity index (χ0v) is 12.3. The number of hydrogen-bond acceptors (Lipinski definition) is 3. The first-order valence-electron chi connectivity index (χ1n) is 5.29. The highest BCUT2D eigenvalue weighted by Gasteiger charge is 2.16. The Morgan fingerprint density at radius 3 is 2.63 bits per heavy atom. The first-order valence-corrected chi connectivity index (χ1v) is 7.56. The molecule has 0 bridgehead atoms. The van der Waals surface area contributed by atoms with Gasteiger partial charge < -0.3 is 0 Å². The van der Waals surface area contributed by atoms with E-state index in [4.69, 9.17) is 0 Å². The van der Waals surface area contributed by atoms with Crippen molar-refractivity contribution in [3.05, 3.63) is 52.5 Å². The molecular weight excluding hydrogens is 335 g/mol. The van der Waals surface area contributed by atoms with Crippen molar-refractivity contribution < 1.29 is 12.8 Å². The lowest BCUT2D eigenvalue weighted by molar-refractivity contribution is 0.593. The summed E-state index contributed by atoms with van der Waals surface area (Å²) in [6, 6.07) is 6.75. The first-order chi connectivity index (χ1) is 8.88. The van der Waals surface area contributed by atoms with Crippen LogP contribution in [-0.2, 0) is 10.0 Å². The minimum Gasteiger partial charge on any atom is -0.280 e. The molecule has 19 heavy (non-hydrogen) atoms. The van der Waals surface area contributed by atoms with Crippen molar-refractivity contribution in [1.29, 1.82) is 0 Å². The van der Waals surface area contributed by atoms with Crippen LogP contribution in [0.15, 0.2) is 45.9 Å². The second kappa shape index (κ2) is 5.26. The van der Waals surface area contributed by atoms with Gasteiger partial charge in [-0.2, -0.15) is 0 Å². The average molecular weight is 345 g/mol. The summed E-state index contributed by atoms with van der Waals surface area (Å²) in [4.78, 5) is 3.83. The van der Waals surface area contributed by atoms with E-state index < -0.39 is 15.8 Å². The van der Waals surface area contributed by atoms with Crippen LogP contribution in [0.4, 0.5) is 10.1 Å². The molecule has 1 heterocycles. The van der Waals surface area contributed by atoms with Gasteiger partial charge >= 0.3 is 0 Å². The number of pyridine rings is 1. The van der Waals surface area contributed by atoms with E-state index in [1.807, 2.05) is 0 Å². The minimum absolute atomic E-state index is 0.136. The summed E-state index contributed by atoms with van der Waals surface area (Å²) in [7, 11) is -3.81. The maximum Gasteiger partial charge on any atom is 0.261 e. The fourth-order valence-corrected chi connectivity index (χ4v) is 2.77. The molecule has 1 aromatic heterocycles. The van der Waals surface area contributed by atoms with Crippen LogP contribution in [0.1, 0.15) is 5.69 Å². The normalized spacial score (nSPS) is 11.3. The Kier molecular flexibility index (Phi) is 3.86. The lowest BCUT2D eigenvalue weighted by atomic mass is 10.3. The summed E-state index contributed by atoms with van der Waals surface area (Å²) in [5, 5.41) is 0. The standard InChI is InChI=1S/C12H10BrFN2O2S/c1-8-6-9(4-5-15-8)16-19(17,18)10-2-3-11(13)12(14)7-10/h2-7H,1H3,(H,15,16). The third kappa shape index (κ3) is 3.30. The zero-order chi connectivity index (χ0) is 14.0. The van der Waals surface area contributed by atoms with Gasteiger partial charge in [-0.15, -0.1) is 0 Å². The van der Waals surface area contributed by atoms with Gasteiger partial charge in [-0.3, -0.25) is 9.71 Å². The van der Waals surface area contributed by atoms with E-state index >= 15 is 0 Å². The highest BCUT2D eigenvalue weighted by molar-refractivity contribution is 9.10. The molecule has 0 fully saturated rings. The number of aromatic nitrogens is 1.